The van der Waals surface area contributed by atoms with Crippen molar-refractivity contribution in [2.24, 2.45) is 5.73 Å². The number of rotatable bonds is 6. The summed E-state index contributed by atoms with van der Waals surface area (Å²) in [5, 5.41) is 2.72. The molecule has 0 aliphatic carbocycles. The van der Waals surface area contributed by atoms with Gasteiger partial charge < -0.3 is 10.6 Å². The largest absolute Gasteiger partial charge is 0.340 e. The van der Waals surface area contributed by atoms with Gasteiger partial charge in [0.25, 0.3) is 5.91 Å². The Hall–Kier alpha value is -1.79. The Morgan fingerprint density at radius 1 is 1.35 bits per heavy atom. The van der Waals surface area contributed by atoms with Crippen LogP contribution in [0, 0.1) is 0 Å². The first-order valence-electron chi connectivity index (χ1n) is 6.49. The second kappa shape index (κ2) is 7.12. The number of hydrogen-bond donors (Lipinski definition) is 1. The Labute approximate surface area is 122 Å². The number of nitrogens with zero attached hydrogens (tertiary/aromatic N) is 3. The van der Waals surface area contributed by atoms with E-state index in [0.717, 1.165) is 17.8 Å². The molecule has 0 fully saturated rings. The fourth-order valence-electron chi connectivity index (χ4n) is 1.79. The Morgan fingerprint density at radius 3 is 2.80 bits per heavy atom. The summed E-state index contributed by atoms with van der Waals surface area (Å²) in [6, 6.07) is 3.92. The second-order valence-corrected chi connectivity index (χ2v) is 5.44. The van der Waals surface area contributed by atoms with Crippen LogP contribution in [0.25, 0.3) is 0 Å². The quantitative estimate of drug-likeness (QED) is 0.872. The molecule has 2 heterocycles. The normalized spacial score (nSPS) is 10.5. The molecule has 0 aromatic carbocycles. The van der Waals surface area contributed by atoms with Crippen molar-refractivity contribution < 1.29 is 4.79 Å². The molecule has 106 valence electrons. The van der Waals surface area contributed by atoms with Crippen LogP contribution in [0.15, 0.2) is 29.9 Å². The van der Waals surface area contributed by atoms with Crippen LogP contribution in [-0.4, -0.2) is 40.9 Å². The molecule has 0 spiro atoms. The number of thiazole rings is 1. The summed E-state index contributed by atoms with van der Waals surface area (Å²) in [5.74, 6) is -0.0430. The van der Waals surface area contributed by atoms with Crippen molar-refractivity contribution in [3.8, 4) is 0 Å². The van der Waals surface area contributed by atoms with E-state index >= 15 is 0 Å². The van der Waals surface area contributed by atoms with Crippen molar-refractivity contribution in [2.75, 3.05) is 20.1 Å². The molecular weight excluding hydrogens is 272 g/mol. The highest BCUT2D eigenvalue weighted by Crippen LogP contribution is 2.12. The summed E-state index contributed by atoms with van der Waals surface area (Å²) in [6.07, 6.45) is 5.05. The van der Waals surface area contributed by atoms with Gasteiger partial charge in [0, 0.05) is 37.8 Å². The Bertz CT molecular complexity index is 555. The minimum atomic E-state index is -0.0430. The number of carbonyl (C=O) groups is 1. The predicted octanol–water partition coefficient (Wildman–Crippen LogP) is 1.35. The number of hydrogen-bond acceptors (Lipinski definition) is 5. The van der Waals surface area contributed by atoms with Crippen LogP contribution in [0.3, 0.4) is 0 Å². The molecule has 0 atom stereocenters. The summed E-state index contributed by atoms with van der Waals surface area (Å²) in [4.78, 5) is 22.2. The van der Waals surface area contributed by atoms with Crippen LogP contribution in [0.4, 0.5) is 0 Å². The number of likely N-dealkylation sites (N-methyl/N-ethyl adjacent to an activating group) is 1. The number of carbonyl (C=O) groups excluding carboxylic acids is 1. The van der Waals surface area contributed by atoms with E-state index in [0.29, 0.717) is 18.8 Å². The van der Waals surface area contributed by atoms with Crippen molar-refractivity contribution >= 4 is 17.2 Å². The van der Waals surface area contributed by atoms with Crippen LogP contribution in [0.5, 0.6) is 0 Å². The molecule has 0 saturated heterocycles. The average molecular weight is 290 g/mol. The maximum Gasteiger partial charge on any atom is 0.273 e. The van der Waals surface area contributed by atoms with Crippen LogP contribution >= 0.6 is 11.3 Å². The molecule has 0 unspecified atom stereocenters. The zero-order valence-electron chi connectivity index (χ0n) is 11.5. The van der Waals surface area contributed by atoms with Crippen LogP contribution in [-0.2, 0) is 12.8 Å². The van der Waals surface area contributed by atoms with Crippen LogP contribution in [0.1, 0.15) is 21.1 Å². The predicted molar refractivity (Wildman–Crippen MR) is 79.8 cm³/mol. The van der Waals surface area contributed by atoms with Crippen molar-refractivity contribution in [3.63, 3.8) is 0 Å². The molecule has 2 aromatic rings. The molecule has 0 aliphatic rings. The van der Waals surface area contributed by atoms with Gasteiger partial charge in [0.2, 0.25) is 0 Å². The number of nitrogens with two attached hydrogens (primary N) is 1. The molecule has 2 N–H and O–H groups in total. The minimum Gasteiger partial charge on any atom is -0.340 e. The SMILES string of the molecule is CN(CCc1ccncc1)C(=O)c1csc(CCN)n1. The third-order valence-corrected chi connectivity index (χ3v) is 3.87. The number of pyridine rings is 1. The van der Waals surface area contributed by atoms with E-state index in [1.807, 2.05) is 12.1 Å². The lowest BCUT2D eigenvalue weighted by Crippen LogP contribution is -2.29. The summed E-state index contributed by atoms with van der Waals surface area (Å²) in [5.41, 5.74) is 7.16. The molecule has 20 heavy (non-hydrogen) atoms. The zero-order valence-corrected chi connectivity index (χ0v) is 12.3. The van der Waals surface area contributed by atoms with E-state index in [2.05, 4.69) is 9.97 Å². The van der Waals surface area contributed by atoms with Gasteiger partial charge in [0.15, 0.2) is 0 Å². The van der Waals surface area contributed by atoms with E-state index in [4.69, 9.17) is 5.73 Å². The van der Waals surface area contributed by atoms with Gasteiger partial charge in [0.05, 0.1) is 5.01 Å². The van der Waals surface area contributed by atoms with Gasteiger partial charge in [-0.15, -0.1) is 11.3 Å². The van der Waals surface area contributed by atoms with E-state index < -0.39 is 0 Å². The maximum absolute atomic E-state index is 12.2. The third-order valence-electron chi connectivity index (χ3n) is 2.96. The topological polar surface area (TPSA) is 72.1 Å². The highest BCUT2D eigenvalue weighted by atomic mass is 32.1. The average Bonchev–Trinajstić information content (AvgIpc) is 2.94. The Kier molecular flexibility index (Phi) is 5.20. The van der Waals surface area contributed by atoms with E-state index in [-0.39, 0.29) is 5.91 Å². The van der Waals surface area contributed by atoms with Gasteiger partial charge in [-0.3, -0.25) is 9.78 Å². The fraction of sp³-hybridized carbons (Fsp3) is 0.357. The van der Waals surface area contributed by atoms with Gasteiger partial charge in [-0.05, 0) is 30.7 Å². The Morgan fingerprint density at radius 2 is 2.10 bits per heavy atom. The molecule has 6 heteroatoms. The minimum absolute atomic E-state index is 0.0430. The molecule has 0 aliphatic heterocycles. The van der Waals surface area contributed by atoms with E-state index in [1.54, 1.807) is 29.7 Å². The van der Waals surface area contributed by atoms with Crippen molar-refractivity contribution in [3.05, 3.63) is 46.2 Å². The van der Waals surface area contributed by atoms with E-state index in [1.165, 1.54) is 16.9 Å². The fourth-order valence-corrected chi connectivity index (χ4v) is 2.58. The first kappa shape index (κ1) is 14.6. The van der Waals surface area contributed by atoms with Crippen molar-refractivity contribution in [2.45, 2.75) is 12.8 Å². The summed E-state index contributed by atoms with van der Waals surface area (Å²) < 4.78 is 0. The lowest BCUT2D eigenvalue weighted by Gasteiger charge is -2.15. The summed E-state index contributed by atoms with van der Waals surface area (Å²) in [6.45, 7) is 1.21. The third kappa shape index (κ3) is 3.85. The highest BCUT2D eigenvalue weighted by molar-refractivity contribution is 7.09. The molecule has 0 bridgehead atoms. The highest BCUT2D eigenvalue weighted by Gasteiger charge is 2.15. The number of amides is 1. The van der Waals surface area contributed by atoms with Gasteiger partial charge in [-0.2, -0.15) is 0 Å². The maximum atomic E-state index is 12.2. The standard InChI is InChI=1S/C14H18N4OS/c1-18(9-5-11-3-7-16-8-4-11)14(19)12-10-20-13(17-12)2-6-15/h3-4,7-8,10H,2,5-6,9,15H2,1H3. The van der Waals surface area contributed by atoms with Crippen molar-refractivity contribution in [1.29, 1.82) is 0 Å². The number of aromatic nitrogens is 2. The molecule has 5 nitrogen and oxygen atoms in total. The zero-order chi connectivity index (χ0) is 14.4. The summed E-state index contributed by atoms with van der Waals surface area (Å²) >= 11 is 1.49. The van der Waals surface area contributed by atoms with Crippen LogP contribution in [0.2, 0.25) is 0 Å². The lowest BCUT2D eigenvalue weighted by molar-refractivity contribution is 0.0791. The van der Waals surface area contributed by atoms with Crippen LogP contribution < -0.4 is 5.73 Å². The molecule has 0 radical (unpaired) electrons. The summed E-state index contributed by atoms with van der Waals surface area (Å²) in [7, 11) is 1.80. The van der Waals surface area contributed by atoms with Gasteiger partial charge in [-0.25, -0.2) is 4.98 Å². The molecular formula is C14H18N4OS. The van der Waals surface area contributed by atoms with E-state index in [9.17, 15) is 4.79 Å². The van der Waals surface area contributed by atoms with Gasteiger partial charge in [0.1, 0.15) is 5.69 Å². The van der Waals surface area contributed by atoms with Crippen molar-refractivity contribution in [1.82, 2.24) is 14.9 Å². The molecule has 2 aromatic heterocycles. The van der Waals surface area contributed by atoms with Gasteiger partial charge >= 0.3 is 0 Å². The first-order chi connectivity index (χ1) is 9.70. The lowest BCUT2D eigenvalue weighted by atomic mass is 10.2. The smallest absolute Gasteiger partial charge is 0.273 e. The molecule has 2 rings (SSSR count). The molecule has 0 saturated carbocycles. The second-order valence-electron chi connectivity index (χ2n) is 4.50. The first-order valence-corrected chi connectivity index (χ1v) is 7.37. The Balaban J connectivity index is 1.91. The monoisotopic (exact) mass is 290 g/mol. The molecule has 1 amide bonds. The van der Waals surface area contributed by atoms with Gasteiger partial charge in [-0.1, -0.05) is 0 Å².